The molecule has 2 rings (SSSR count). The molecule has 0 radical (unpaired) electrons. The first-order chi connectivity index (χ1) is 8.88. The molecule has 1 aromatic carbocycles. The SMILES string of the molecule is NS(=O)(=O)c1cccc(NC(=O)c2sccc2Cl)c1. The molecule has 0 aliphatic rings. The molecular formula is C11H9ClN2O3S2. The van der Waals surface area contributed by atoms with Crippen LogP contribution >= 0.6 is 22.9 Å². The lowest BCUT2D eigenvalue weighted by molar-refractivity contribution is 0.103. The number of anilines is 1. The third-order valence-electron chi connectivity index (χ3n) is 2.24. The number of sulfonamides is 1. The van der Waals surface area contributed by atoms with Crippen molar-refractivity contribution in [2.75, 3.05) is 5.32 Å². The number of nitrogens with two attached hydrogens (primary N) is 1. The van der Waals surface area contributed by atoms with Gasteiger partial charge in [0.15, 0.2) is 0 Å². The van der Waals surface area contributed by atoms with E-state index in [1.165, 1.54) is 29.5 Å². The quantitative estimate of drug-likeness (QED) is 0.910. The van der Waals surface area contributed by atoms with Gasteiger partial charge in [0.1, 0.15) is 4.88 Å². The average Bonchev–Trinajstić information content (AvgIpc) is 2.75. The molecule has 100 valence electrons. The van der Waals surface area contributed by atoms with Gasteiger partial charge in [0.25, 0.3) is 5.91 Å². The molecule has 0 aliphatic heterocycles. The largest absolute Gasteiger partial charge is 0.321 e. The number of halogens is 1. The first kappa shape index (κ1) is 14.0. The predicted octanol–water partition coefficient (Wildman–Crippen LogP) is 2.30. The highest BCUT2D eigenvalue weighted by Crippen LogP contribution is 2.23. The maximum Gasteiger partial charge on any atom is 0.267 e. The zero-order chi connectivity index (χ0) is 14.0. The smallest absolute Gasteiger partial charge is 0.267 e. The molecule has 0 unspecified atom stereocenters. The third kappa shape index (κ3) is 3.32. The van der Waals surface area contributed by atoms with Crippen LogP contribution in [0.15, 0.2) is 40.6 Å². The summed E-state index contributed by atoms with van der Waals surface area (Å²) in [5, 5.41) is 9.62. The van der Waals surface area contributed by atoms with E-state index in [0.29, 0.717) is 15.6 Å². The number of rotatable bonds is 3. The maximum absolute atomic E-state index is 11.9. The minimum absolute atomic E-state index is 0.0671. The van der Waals surface area contributed by atoms with Crippen LogP contribution in [0.1, 0.15) is 9.67 Å². The zero-order valence-electron chi connectivity index (χ0n) is 9.46. The van der Waals surface area contributed by atoms with Crippen LogP contribution in [-0.2, 0) is 10.0 Å². The Labute approximate surface area is 119 Å². The number of hydrogen-bond donors (Lipinski definition) is 2. The molecule has 1 aromatic heterocycles. The van der Waals surface area contributed by atoms with Crippen LogP contribution in [0, 0.1) is 0 Å². The summed E-state index contributed by atoms with van der Waals surface area (Å²) in [4.78, 5) is 12.2. The van der Waals surface area contributed by atoms with Gasteiger partial charge in [-0.05, 0) is 29.6 Å². The highest BCUT2D eigenvalue weighted by Gasteiger charge is 2.13. The first-order valence-electron chi connectivity index (χ1n) is 5.05. The highest BCUT2D eigenvalue weighted by molar-refractivity contribution is 7.89. The fraction of sp³-hybridized carbons (Fsp3) is 0. The van der Waals surface area contributed by atoms with Gasteiger partial charge in [-0.15, -0.1) is 11.3 Å². The Hall–Kier alpha value is -1.41. The Morgan fingerprint density at radius 1 is 1.32 bits per heavy atom. The Kier molecular flexibility index (Phi) is 3.91. The molecule has 0 aliphatic carbocycles. The van der Waals surface area contributed by atoms with Crippen molar-refractivity contribution in [2.24, 2.45) is 5.14 Å². The normalized spacial score (nSPS) is 11.3. The van der Waals surface area contributed by atoms with Crippen LogP contribution in [0.2, 0.25) is 5.02 Å². The van der Waals surface area contributed by atoms with Gasteiger partial charge < -0.3 is 5.32 Å². The molecule has 0 saturated carbocycles. The minimum Gasteiger partial charge on any atom is -0.321 e. The number of carbonyl (C=O) groups excluding carboxylic acids is 1. The van der Waals surface area contributed by atoms with E-state index in [2.05, 4.69) is 5.32 Å². The van der Waals surface area contributed by atoms with Crippen molar-refractivity contribution in [3.63, 3.8) is 0 Å². The Bertz CT molecular complexity index is 725. The van der Waals surface area contributed by atoms with Gasteiger partial charge >= 0.3 is 0 Å². The molecule has 1 amide bonds. The number of primary sulfonamides is 1. The van der Waals surface area contributed by atoms with Crippen LogP contribution in [0.25, 0.3) is 0 Å². The minimum atomic E-state index is -3.80. The van der Waals surface area contributed by atoms with E-state index < -0.39 is 15.9 Å². The second kappa shape index (κ2) is 5.30. The van der Waals surface area contributed by atoms with Crippen LogP contribution in [0.4, 0.5) is 5.69 Å². The summed E-state index contributed by atoms with van der Waals surface area (Å²) in [5.74, 6) is -0.397. The van der Waals surface area contributed by atoms with E-state index in [9.17, 15) is 13.2 Å². The van der Waals surface area contributed by atoms with Crippen molar-refractivity contribution < 1.29 is 13.2 Å². The number of carbonyl (C=O) groups is 1. The van der Waals surface area contributed by atoms with E-state index in [4.69, 9.17) is 16.7 Å². The molecule has 0 spiro atoms. The van der Waals surface area contributed by atoms with E-state index in [1.807, 2.05) is 0 Å². The summed E-state index contributed by atoms with van der Waals surface area (Å²) >= 11 is 7.04. The molecule has 8 heteroatoms. The van der Waals surface area contributed by atoms with Gasteiger partial charge in [0.2, 0.25) is 10.0 Å². The number of amides is 1. The van der Waals surface area contributed by atoms with E-state index in [0.717, 1.165) is 0 Å². The summed E-state index contributed by atoms with van der Waals surface area (Å²) in [6, 6.07) is 7.30. The monoisotopic (exact) mass is 316 g/mol. The van der Waals surface area contributed by atoms with Gasteiger partial charge in [-0.25, -0.2) is 13.6 Å². The standard InChI is InChI=1S/C11H9ClN2O3S2/c12-9-4-5-18-10(9)11(15)14-7-2-1-3-8(6-7)19(13,16)17/h1-6H,(H,14,15)(H2,13,16,17). The highest BCUT2D eigenvalue weighted by atomic mass is 35.5. The second-order valence-electron chi connectivity index (χ2n) is 3.62. The molecule has 2 aromatic rings. The van der Waals surface area contributed by atoms with Crippen molar-refractivity contribution in [3.05, 3.63) is 45.6 Å². The summed E-state index contributed by atoms with van der Waals surface area (Å²) in [5.41, 5.74) is 0.334. The number of thiophene rings is 1. The molecule has 5 nitrogen and oxygen atoms in total. The summed E-state index contributed by atoms with van der Waals surface area (Å²) in [7, 11) is -3.80. The Morgan fingerprint density at radius 2 is 2.05 bits per heavy atom. The topological polar surface area (TPSA) is 89.3 Å². The van der Waals surface area contributed by atoms with Gasteiger partial charge in [-0.2, -0.15) is 0 Å². The molecule has 1 heterocycles. The molecule has 3 N–H and O–H groups in total. The van der Waals surface area contributed by atoms with Crippen LogP contribution in [0.5, 0.6) is 0 Å². The van der Waals surface area contributed by atoms with Crippen molar-refractivity contribution >= 4 is 44.6 Å². The molecule has 0 saturated heterocycles. The van der Waals surface area contributed by atoms with Gasteiger partial charge in [-0.1, -0.05) is 17.7 Å². The fourth-order valence-electron chi connectivity index (χ4n) is 1.39. The van der Waals surface area contributed by atoms with Crippen molar-refractivity contribution in [3.8, 4) is 0 Å². The van der Waals surface area contributed by atoms with Crippen LogP contribution < -0.4 is 10.5 Å². The average molecular weight is 317 g/mol. The van der Waals surface area contributed by atoms with Crippen LogP contribution in [0.3, 0.4) is 0 Å². The molecule has 19 heavy (non-hydrogen) atoms. The van der Waals surface area contributed by atoms with E-state index in [-0.39, 0.29) is 4.90 Å². The van der Waals surface area contributed by atoms with Crippen LogP contribution in [-0.4, -0.2) is 14.3 Å². The Balaban J connectivity index is 2.25. The lowest BCUT2D eigenvalue weighted by Gasteiger charge is -2.05. The number of benzene rings is 1. The summed E-state index contributed by atoms with van der Waals surface area (Å²) in [6.45, 7) is 0. The lowest BCUT2D eigenvalue weighted by Crippen LogP contribution is -2.14. The Morgan fingerprint density at radius 3 is 2.63 bits per heavy atom. The number of nitrogens with one attached hydrogen (secondary N) is 1. The zero-order valence-corrected chi connectivity index (χ0v) is 11.8. The van der Waals surface area contributed by atoms with E-state index >= 15 is 0 Å². The summed E-state index contributed by atoms with van der Waals surface area (Å²) in [6.07, 6.45) is 0. The molecular weight excluding hydrogens is 308 g/mol. The maximum atomic E-state index is 11.9. The third-order valence-corrected chi connectivity index (χ3v) is 4.50. The molecule has 0 bridgehead atoms. The van der Waals surface area contributed by atoms with Crippen molar-refractivity contribution in [1.82, 2.24) is 0 Å². The number of hydrogen-bond acceptors (Lipinski definition) is 4. The van der Waals surface area contributed by atoms with Crippen molar-refractivity contribution in [2.45, 2.75) is 4.90 Å². The summed E-state index contributed by atoms with van der Waals surface area (Å²) < 4.78 is 22.4. The molecule has 0 fully saturated rings. The van der Waals surface area contributed by atoms with Gasteiger partial charge in [-0.3, -0.25) is 4.79 Å². The predicted molar refractivity (Wildman–Crippen MR) is 75.1 cm³/mol. The van der Waals surface area contributed by atoms with Gasteiger partial charge in [0.05, 0.1) is 9.92 Å². The fourth-order valence-corrected chi connectivity index (χ4v) is 2.99. The lowest BCUT2D eigenvalue weighted by atomic mass is 10.3. The second-order valence-corrected chi connectivity index (χ2v) is 6.51. The van der Waals surface area contributed by atoms with Gasteiger partial charge in [0, 0.05) is 5.69 Å². The molecule has 0 atom stereocenters. The first-order valence-corrected chi connectivity index (χ1v) is 7.85. The van der Waals surface area contributed by atoms with Crippen molar-refractivity contribution in [1.29, 1.82) is 0 Å². The van der Waals surface area contributed by atoms with E-state index in [1.54, 1.807) is 17.5 Å².